The molecule has 0 spiro atoms. The van der Waals surface area contributed by atoms with E-state index in [1.807, 2.05) is 0 Å². The summed E-state index contributed by atoms with van der Waals surface area (Å²) in [6.07, 6.45) is 2.47. The van der Waals surface area contributed by atoms with Gasteiger partial charge in [0.1, 0.15) is 0 Å². The molecule has 1 heterocycles. The van der Waals surface area contributed by atoms with E-state index >= 15 is 0 Å². The first-order chi connectivity index (χ1) is 8.97. The molecule has 104 valence electrons. The predicted octanol–water partition coefficient (Wildman–Crippen LogP) is 4.13. The Hall–Kier alpha value is -0.290. The van der Waals surface area contributed by atoms with Crippen molar-refractivity contribution in [2.45, 2.75) is 38.7 Å². The number of allylic oxidation sites excluding steroid dienone is 1. The molecule has 0 amide bonds. The van der Waals surface area contributed by atoms with Crippen LogP contribution in [0.5, 0.6) is 0 Å². The topological polar surface area (TPSA) is 3.24 Å². The van der Waals surface area contributed by atoms with Gasteiger partial charge in [0.15, 0.2) is 0 Å². The number of fused-ring (bicyclic) bond motifs is 1. The minimum atomic E-state index is -0.167. The van der Waals surface area contributed by atoms with Crippen LogP contribution >= 0.6 is 0 Å². The average molecular weight is 371 g/mol. The predicted molar refractivity (Wildman–Crippen MR) is 85.3 cm³/mol. The monoisotopic (exact) mass is 373 g/mol. The number of hydrogen-bond donors (Lipinski definition) is 0. The zero-order valence-corrected chi connectivity index (χ0v) is 15.1. The van der Waals surface area contributed by atoms with Gasteiger partial charge in [-0.25, -0.2) is 0 Å². The van der Waals surface area contributed by atoms with Crippen LogP contribution in [0.2, 0.25) is 0 Å². The number of hydrogen-bond acceptors (Lipinski definition) is 1. The van der Waals surface area contributed by atoms with Gasteiger partial charge in [-0.1, -0.05) is 0 Å². The Morgan fingerprint density at radius 1 is 1.11 bits per heavy atom. The maximum absolute atomic E-state index is 2.64. The molecule has 1 nitrogen and oxygen atoms in total. The molecule has 1 aliphatic heterocycles. The third-order valence-corrected chi connectivity index (χ3v) is 8.69. The van der Waals surface area contributed by atoms with E-state index in [0.29, 0.717) is 9.50 Å². The van der Waals surface area contributed by atoms with Gasteiger partial charge >= 0.3 is 128 Å². The summed E-state index contributed by atoms with van der Waals surface area (Å²) in [4.78, 5) is 2.64. The Labute approximate surface area is 128 Å². The summed E-state index contributed by atoms with van der Waals surface area (Å²) in [5.74, 6) is 0. The van der Waals surface area contributed by atoms with Crippen LogP contribution in [0.4, 0.5) is 0 Å². The van der Waals surface area contributed by atoms with E-state index in [0.717, 1.165) is 13.1 Å². The summed E-state index contributed by atoms with van der Waals surface area (Å²) < 4.78 is 2.38. The van der Waals surface area contributed by atoms with Gasteiger partial charge in [-0.3, -0.25) is 0 Å². The van der Waals surface area contributed by atoms with Crippen LogP contribution in [0, 0.1) is 5.41 Å². The Morgan fingerprint density at radius 2 is 1.74 bits per heavy atom. The van der Waals surface area contributed by atoms with E-state index in [1.54, 1.807) is 9.18 Å². The second-order valence-corrected chi connectivity index (χ2v) is 9.28. The minimum absolute atomic E-state index is 0.167. The molecule has 0 aromatic heterocycles. The molecule has 0 fully saturated rings. The summed E-state index contributed by atoms with van der Waals surface area (Å²) >= 11 is -0.167. The van der Waals surface area contributed by atoms with Gasteiger partial charge in [0.05, 0.1) is 0 Å². The number of nitrogens with zero attached hydrogens (tertiary/aromatic N) is 1. The van der Waals surface area contributed by atoms with Gasteiger partial charge in [-0.05, 0) is 0 Å². The normalized spacial score (nSPS) is 19.3. The molecule has 1 aromatic rings. The fourth-order valence-corrected chi connectivity index (χ4v) is 6.95. The number of rotatable bonds is 3. The first-order valence-corrected chi connectivity index (χ1v) is 9.70. The summed E-state index contributed by atoms with van der Waals surface area (Å²) in [7, 11) is 0. The molecule has 0 saturated carbocycles. The molecule has 0 radical (unpaired) electrons. The Kier molecular flexibility index (Phi) is 4.77. The fraction of sp³-hybridized carbons (Fsp3) is 0.529. The van der Waals surface area contributed by atoms with Gasteiger partial charge in [0.2, 0.25) is 0 Å². The molecule has 0 bridgehead atoms. The van der Waals surface area contributed by atoms with Crippen molar-refractivity contribution in [2.24, 2.45) is 5.41 Å². The molecule has 1 aliphatic rings. The van der Waals surface area contributed by atoms with Gasteiger partial charge in [-0.2, -0.15) is 0 Å². The summed E-state index contributed by atoms with van der Waals surface area (Å²) in [5, 5.41) is 0. The Bertz CT molecular complexity index is 466. The second-order valence-electron chi connectivity index (χ2n) is 6.08. The SMILES string of the molecule is CCN(CC)C1[Te]C(C(C)(C)C)=Cc2ccccc21. The standard InChI is InChI=1S/C17H25NTe/c1-6-18(7-2)16-14-11-9-8-10-13(14)12-15(19-16)17(3,4)5/h8-12,16H,6-7H2,1-5H3. The van der Waals surface area contributed by atoms with Gasteiger partial charge < -0.3 is 0 Å². The first kappa shape index (κ1) is 15.1. The summed E-state index contributed by atoms with van der Waals surface area (Å²) in [6, 6.07) is 8.97. The van der Waals surface area contributed by atoms with Crippen molar-refractivity contribution in [2.75, 3.05) is 13.1 Å². The summed E-state index contributed by atoms with van der Waals surface area (Å²) in [5.41, 5.74) is 3.32. The zero-order valence-electron chi connectivity index (χ0n) is 12.7. The van der Waals surface area contributed by atoms with Crippen molar-refractivity contribution >= 4 is 27.0 Å². The van der Waals surface area contributed by atoms with E-state index in [1.165, 1.54) is 5.56 Å². The molecule has 1 aromatic carbocycles. The third-order valence-electron chi connectivity index (χ3n) is 3.67. The van der Waals surface area contributed by atoms with Crippen molar-refractivity contribution in [3.63, 3.8) is 0 Å². The Balaban J connectivity index is 2.46. The average Bonchev–Trinajstić information content (AvgIpc) is 2.38. The summed E-state index contributed by atoms with van der Waals surface area (Å²) in [6.45, 7) is 13.9. The molecule has 1 atom stereocenters. The van der Waals surface area contributed by atoms with Crippen LogP contribution < -0.4 is 0 Å². The van der Waals surface area contributed by atoms with Crippen LogP contribution in [-0.2, 0) is 0 Å². The molecule has 2 rings (SSSR count). The van der Waals surface area contributed by atoms with Crippen LogP contribution in [0.1, 0.15) is 49.8 Å². The quantitative estimate of drug-likeness (QED) is 0.723. The molecule has 19 heavy (non-hydrogen) atoms. The molecule has 1 unspecified atom stereocenters. The molecule has 2 heteroatoms. The van der Waals surface area contributed by atoms with E-state index in [-0.39, 0.29) is 20.9 Å². The van der Waals surface area contributed by atoms with Crippen molar-refractivity contribution in [1.82, 2.24) is 4.90 Å². The Morgan fingerprint density at radius 3 is 2.32 bits per heavy atom. The third kappa shape index (κ3) is 3.24. The van der Waals surface area contributed by atoms with E-state index in [9.17, 15) is 0 Å². The molecule has 0 saturated heterocycles. The second kappa shape index (κ2) is 6.00. The van der Waals surface area contributed by atoms with Crippen molar-refractivity contribution in [3.05, 3.63) is 39.0 Å². The van der Waals surface area contributed by atoms with E-state index in [4.69, 9.17) is 0 Å². The fourth-order valence-electron chi connectivity index (χ4n) is 2.45. The van der Waals surface area contributed by atoms with E-state index in [2.05, 4.69) is 69.9 Å². The van der Waals surface area contributed by atoms with Gasteiger partial charge in [0, 0.05) is 0 Å². The van der Waals surface area contributed by atoms with Gasteiger partial charge in [0.25, 0.3) is 0 Å². The van der Waals surface area contributed by atoms with E-state index < -0.39 is 0 Å². The first-order valence-electron chi connectivity index (χ1n) is 7.19. The van der Waals surface area contributed by atoms with Crippen molar-refractivity contribution in [3.8, 4) is 0 Å². The zero-order chi connectivity index (χ0) is 14.0. The molecular formula is C17H25NTe. The van der Waals surface area contributed by atoms with Crippen molar-refractivity contribution in [1.29, 1.82) is 0 Å². The molecular weight excluding hydrogens is 346 g/mol. The van der Waals surface area contributed by atoms with Crippen LogP contribution in [0.3, 0.4) is 0 Å². The molecule has 0 aliphatic carbocycles. The van der Waals surface area contributed by atoms with Crippen molar-refractivity contribution < 1.29 is 0 Å². The van der Waals surface area contributed by atoms with Gasteiger partial charge in [-0.15, -0.1) is 0 Å². The maximum atomic E-state index is 2.64. The number of benzene rings is 1. The van der Waals surface area contributed by atoms with Crippen LogP contribution in [0.15, 0.2) is 27.9 Å². The van der Waals surface area contributed by atoms with Crippen LogP contribution in [0.25, 0.3) is 6.08 Å². The van der Waals surface area contributed by atoms with Crippen LogP contribution in [-0.4, -0.2) is 38.9 Å². The molecule has 0 N–H and O–H groups in total.